The number of phosphoric ester groups is 1. The largest absolute Gasteiger partial charge is 0.472 e. The van der Waals surface area contributed by atoms with E-state index in [1.165, 1.54) is 89.9 Å². The Morgan fingerprint density at radius 3 is 1.33 bits per heavy atom. The summed E-state index contributed by atoms with van der Waals surface area (Å²) in [5, 5.41) is 0. The Morgan fingerprint density at radius 1 is 0.508 bits per heavy atom. The summed E-state index contributed by atoms with van der Waals surface area (Å²) in [6.45, 7) is 3.56. The fraction of sp³-hybridized carbons (Fsp3) is 0.686. The molecule has 2 atom stereocenters. The molecule has 0 fully saturated rings. The zero-order valence-electron chi connectivity index (χ0n) is 38.6. The van der Waals surface area contributed by atoms with Gasteiger partial charge in [-0.3, -0.25) is 18.6 Å². The Labute approximate surface area is 373 Å². The fourth-order valence-corrected chi connectivity index (χ4v) is 7.04. The minimum atomic E-state index is -4.40. The van der Waals surface area contributed by atoms with Gasteiger partial charge < -0.3 is 20.1 Å². The summed E-state index contributed by atoms with van der Waals surface area (Å²) in [6.07, 6.45) is 59.1. The second-order valence-corrected chi connectivity index (χ2v) is 17.1. The van der Waals surface area contributed by atoms with Crippen molar-refractivity contribution < 1.29 is 37.6 Å². The van der Waals surface area contributed by atoms with E-state index in [0.717, 1.165) is 64.2 Å². The van der Waals surface area contributed by atoms with E-state index in [2.05, 4.69) is 92.8 Å². The van der Waals surface area contributed by atoms with Crippen molar-refractivity contribution in [3.8, 4) is 0 Å². The van der Waals surface area contributed by atoms with E-state index in [1.807, 2.05) is 6.08 Å². The number of unbranched alkanes of at least 4 members (excludes halogenated alkanes) is 17. The van der Waals surface area contributed by atoms with E-state index < -0.39 is 32.5 Å². The lowest BCUT2D eigenvalue weighted by Crippen LogP contribution is -2.29. The van der Waals surface area contributed by atoms with Crippen LogP contribution in [0.1, 0.15) is 194 Å². The number of esters is 2. The van der Waals surface area contributed by atoms with E-state index in [4.69, 9.17) is 24.3 Å². The number of rotatable bonds is 44. The van der Waals surface area contributed by atoms with Crippen LogP contribution in [0.4, 0.5) is 0 Å². The topological polar surface area (TPSA) is 134 Å². The van der Waals surface area contributed by atoms with Crippen LogP contribution < -0.4 is 5.73 Å². The van der Waals surface area contributed by atoms with Crippen LogP contribution in [0.5, 0.6) is 0 Å². The number of ether oxygens (including phenoxy) is 2. The molecule has 0 aliphatic rings. The van der Waals surface area contributed by atoms with Gasteiger partial charge in [-0.2, -0.15) is 0 Å². The molecule has 0 amide bonds. The summed E-state index contributed by atoms with van der Waals surface area (Å²) in [5.74, 6) is -0.899. The van der Waals surface area contributed by atoms with Gasteiger partial charge in [-0.15, -0.1) is 0 Å². The Kier molecular flexibility index (Phi) is 44.5. The molecule has 0 saturated carbocycles. The molecule has 0 aromatic carbocycles. The number of hydrogen-bond acceptors (Lipinski definition) is 8. The first-order valence-electron chi connectivity index (χ1n) is 24.1. The average Bonchev–Trinajstić information content (AvgIpc) is 3.25. The lowest BCUT2D eigenvalue weighted by molar-refractivity contribution is -0.161. The molecular formula is C51H88NO8P. The average molecular weight is 874 g/mol. The van der Waals surface area contributed by atoms with Crippen molar-refractivity contribution in [2.24, 2.45) is 5.73 Å². The number of allylic oxidation sites excluding steroid dienone is 14. The summed E-state index contributed by atoms with van der Waals surface area (Å²) in [7, 11) is -4.40. The van der Waals surface area contributed by atoms with Crippen LogP contribution in [-0.4, -0.2) is 49.3 Å². The quantitative estimate of drug-likeness (QED) is 0.0265. The predicted octanol–water partition coefficient (Wildman–Crippen LogP) is 14.4. The number of carbonyl (C=O) groups excluding carboxylic acids is 2. The van der Waals surface area contributed by atoms with Gasteiger partial charge in [0, 0.05) is 19.4 Å². The van der Waals surface area contributed by atoms with Gasteiger partial charge in [-0.05, 0) is 64.2 Å². The Bertz CT molecular complexity index is 1270. The third-order valence-corrected chi connectivity index (χ3v) is 10.8. The summed E-state index contributed by atoms with van der Waals surface area (Å²) in [6, 6.07) is 0. The van der Waals surface area contributed by atoms with Crippen LogP contribution >= 0.6 is 7.82 Å². The van der Waals surface area contributed by atoms with Crippen LogP contribution in [0.15, 0.2) is 85.1 Å². The van der Waals surface area contributed by atoms with Crippen molar-refractivity contribution in [3.05, 3.63) is 85.1 Å². The zero-order chi connectivity index (χ0) is 44.6. The summed E-state index contributed by atoms with van der Waals surface area (Å²) >= 11 is 0. The Morgan fingerprint density at radius 2 is 0.902 bits per heavy atom. The van der Waals surface area contributed by atoms with Gasteiger partial charge >= 0.3 is 19.8 Å². The highest BCUT2D eigenvalue weighted by Gasteiger charge is 2.26. The molecule has 0 aromatic rings. The van der Waals surface area contributed by atoms with Crippen LogP contribution in [-0.2, 0) is 32.7 Å². The first-order valence-corrected chi connectivity index (χ1v) is 25.6. The maximum absolute atomic E-state index is 12.6. The van der Waals surface area contributed by atoms with Gasteiger partial charge in [0.2, 0.25) is 0 Å². The smallest absolute Gasteiger partial charge is 0.462 e. The zero-order valence-corrected chi connectivity index (χ0v) is 39.5. The predicted molar refractivity (Wildman–Crippen MR) is 256 cm³/mol. The van der Waals surface area contributed by atoms with Gasteiger partial charge in [-0.25, -0.2) is 4.57 Å². The Balaban J connectivity index is 4.22. The van der Waals surface area contributed by atoms with Crippen LogP contribution in [0, 0.1) is 0 Å². The van der Waals surface area contributed by atoms with Gasteiger partial charge in [-0.1, -0.05) is 202 Å². The second-order valence-electron chi connectivity index (χ2n) is 15.6. The molecule has 0 spiro atoms. The van der Waals surface area contributed by atoms with E-state index >= 15 is 0 Å². The molecule has 350 valence electrons. The highest BCUT2D eigenvalue weighted by molar-refractivity contribution is 7.47. The third kappa shape index (κ3) is 46.5. The Hall–Kier alpha value is -2.81. The minimum Gasteiger partial charge on any atom is -0.462 e. The molecule has 0 aromatic heterocycles. The molecule has 3 N–H and O–H groups in total. The molecule has 0 rings (SSSR count). The summed E-state index contributed by atoms with van der Waals surface area (Å²) in [5.41, 5.74) is 5.35. The van der Waals surface area contributed by atoms with Gasteiger partial charge in [0.15, 0.2) is 6.10 Å². The van der Waals surface area contributed by atoms with Crippen LogP contribution in [0.25, 0.3) is 0 Å². The lowest BCUT2D eigenvalue weighted by Gasteiger charge is -2.19. The van der Waals surface area contributed by atoms with Crippen molar-refractivity contribution in [1.82, 2.24) is 0 Å². The first kappa shape index (κ1) is 58.2. The van der Waals surface area contributed by atoms with Gasteiger partial charge in [0.05, 0.1) is 13.2 Å². The number of nitrogens with two attached hydrogens (primary N) is 1. The van der Waals surface area contributed by atoms with E-state index in [0.29, 0.717) is 12.8 Å². The number of hydrogen-bond donors (Lipinski definition) is 2. The monoisotopic (exact) mass is 874 g/mol. The molecule has 0 heterocycles. The molecule has 10 heteroatoms. The van der Waals surface area contributed by atoms with Gasteiger partial charge in [0.25, 0.3) is 0 Å². The van der Waals surface area contributed by atoms with Crippen LogP contribution in [0.2, 0.25) is 0 Å². The minimum absolute atomic E-state index is 0.0408. The standard InChI is InChI=1S/C51H88NO8P/c1-3-5-7-9-11-13-15-17-19-21-22-23-24-25-26-28-30-32-34-36-38-40-42-44-51(54)60-49(48-59-61(55,56)58-46-45-52)47-57-50(53)43-41-39-37-35-33-31-29-27-20-18-16-14-12-10-8-6-4-2/h5,7,11,13,17,19,22-23,25-26,30,32,36,38,49H,3-4,6,8-10,12,14-16,18,20-21,24,27-29,31,33-35,37,39-48,52H2,1-2H3,(H,55,56)/b7-5-,13-11-,19-17-,23-22-,26-25-,32-30-,38-36-. The summed E-state index contributed by atoms with van der Waals surface area (Å²) in [4.78, 5) is 35.0. The van der Waals surface area contributed by atoms with E-state index in [-0.39, 0.29) is 32.6 Å². The fourth-order valence-electron chi connectivity index (χ4n) is 6.27. The van der Waals surface area contributed by atoms with Crippen molar-refractivity contribution in [2.45, 2.75) is 200 Å². The van der Waals surface area contributed by atoms with Crippen molar-refractivity contribution in [3.63, 3.8) is 0 Å². The van der Waals surface area contributed by atoms with Crippen molar-refractivity contribution >= 4 is 19.8 Å². The van der Waals surface area contributed by atoms with Crippen LogP contribution in [0.3, 0.4) is 0 Å². The molecule has 2 unspecified atom stereocenters. The van der Waals surface area contributed by atoms with Gasteiger partial charge in [0.1, 0.15) is 6.61 Å². The third-order valence-electron chi connectivity index (χ3n) is 9.80. The molecule has 9 nitrogen and oxygen atoms in total. The van der Waals surface area contributed by atoms with Crippen molar-refractivity contribution in [1.29, 1.82) is 0 Å². The number of phosphoric acid groups is 1. The molecule has 0 saturated heterocycles. The SMILES string of the molecule is CC/C=C\C/C=C\C/C=C\C/C=C\C/C=C\C/C=C\C/C=C\CCCC(=O)OC(COC(=O)CCCCCCCCCCCCCCCCCCC)COP(=O)(O)OCCN. The maximum Gasteiger partial charge on any atom is 0.472 e. The highest BCUT2D eigenvalue weighted by atomic mass is 31.2. The molecule has 61 heavy (non-hydrogen) atoms. The molecule has 0 bridgehead atoms. The molecule has 0 aliphatic carbocycles. The molecular weight excluding hydrogens is 786 g/mol. The molecule has 0 radical (unpaired) electrons. The highest BCUT2D eigenvalue weighted by Crippen LogP contribution is 2.43. The molecule has 0 aliphatic heterocycles. The van der Waals surface area contributed by atoms with Crippen molar-refractivity contribution in [2.75, 3.05) is 26.4 Å². The normalized spacial score (nSPS) is 14.0. The summed E-state index contributed by atoms with van der Waals surface area (Å²) < 4.78 is 32.8. The van der Waals surface area contributed by atoms with E-state index in [9.17, 15) is 19.0 Å². The second kappa shape index (κ2) is 46.7. The number of carbonyl (C=O) groups is 2. The van der Waals surface area contributed by atoms with E-state index in [1.54, 1.807) is 0 Å². The maximum atomic E-state index is 12.6. The first-order chi connectivity index (χ1) is 29.8. The lowest BCUT2D eigenvalue weighted by atomic mass is 10.0.